The molecule has 0 spiro atoms. The molecule has 2 amide bonds. The number of rotatable bonds is 3. The first-order valence-electron chi connectivity index (χ1n) is 9.18. The predicted molar refractivity (Wildman–Crippen MR) is 102 cm³/mol. The Balaban J connectivity index is 1.44. The first-order valence-corrected chi connectivity index (χ1v) is 9.18. The summed E-state index contributed by atoms with van der Waals surface area (Å²) in [5, 5.41) is 2.90. The van der Waals surface area contributed by atoms with Crippen molar-refractivity contribution in [1.29, 1.82) is 0 Å². The first-order chi connectivity index (χ1) is 13.1. The molecule has 0 saturated carbocycles. The number of ether oxygens (including phenoxy) is 2. The number of anilines is 2. The van der Waals surface area contributed by atoms with E-state index in [4.69, 9.17) is 9.47 Å². The third-order valence-corrected chi connectivity index (χ3v) is 4.86. The lowest BCUT2D eigenvalue weighted by atomic mass is 10.1. The van der Waals surface area contributed by atoms with Gasteiger partial charge >= 0.3 is 0 Å². The molecule has 6 heteroatoms. The third kappa shape index (κ3) is 3.74. The summed E-state index contributed by atoms with van der Waals surface area (Å²) in [5.41, 5.74) is 2.61. The Morgan fingerprint density at radius 2 is 1.81 bits per heavy atom. The van der Waals surface area contributed by atoms with Crippen molar-refractivity contribution in [2.75, 3.05) is 30.0 Å². The van der Waals surface area contributed by atoms with Gasteiger partial charge in [0, 0.05) is 36.8 Å². The number of benzene rings is 2. The number of hydrogen-bond donors (Lipinski definition) is 1. The van der Waals surface area contributed by atoms with Gasteiger partial charge in [0.1, 0.15) is 0 Å². The highest BCUT2D eigenvalue weighted by Crippen LogP contribution is 2.33. The van der Waals surface area contributed by atoms with Crippen LogP contribution >= 0.6 is 0 Å². The Morgan fingerprint density at radius 3 is 2.59 bits per heavy atom. The van der Waals surface area contributed by atoms with Gasteiger partial charge in [0.25, 0.3) is 0 Å². The number of carbonyl (C=O) groups excluding carboxylic acids is 2. The standard InChI is InChI=1S/C21H22N2O4/c1-14-3-6-17(7-4-14)23-13-15(11-20(23)24)21(25)22-16-5-8-18-19(12-16)27-10-2-9-26-18/h3-8,12,15H,2,9-11,13H2,1H3,(H,22,25). The molecule has 2 aromatic rings. The summed E-state index contributed by atoms with van der Waals surface area (Å²) >= 11 is 0. The van der Waals surface area contributed by atoms with Crippen molar-refractivity contribution in [3.8, 4) is 11.5 Å². The number of nitrogens with one attached hydrogen (secondary N) is 1. The van der Waals surface area contributed by atoms with Crippen LogP contribution in [-0.2, 0) is 9.59 Å². The molecule has 2 aliphatic rings. The van der Waals surface area contributed by atoms with E-state index in [1.807, 2.05) is 31.2 Å². The van der Waals surface area contributed by atoms with E-state index in [1.54, 1.807) is 23.1 Å². The normalized spacial score (nSPS) is 18.9. The smallest absolute Gasteiger partial charge is 0.229 e. The minimum atomic E-state index is -0.380. The second kappa shape index (κ2) is 7.31. The van der Waals surface area contributed by atoms with Gasteiger partial charge in [0.15, 0.2) is 11.5 Å². The van der Waals surface area contributed by atoms with Crippen molar-refractivity contribution in [2.45, 2.75) is 19.8 Å². The molecule has 2 aliphatic heterocycles. The number of carbonyl (C=O) groups is 2. The minimum absolute atomic E-state index is 0.0299. The van der Waals surface area contributed by atoms with Crippen LogP contribution in [0.1, 0.15) is 18.4 Å². The van der Waals surface area contributed by atoms with Gasteiger partial charge in [-0.25, -0.2) is 0 Å². The van der Waals surface area contributed by atoms with Crippen LogP contribution in [0.4, 0.5) is 11.4 Å². The van der Waals surface area contributed by atoms with E-state index in [9.17, 15) is 9.59 Å². The van der Waals surface area contributed by atoms with Crippen LogP contribution in [0.3, 0.4) is 0 Å². The zero-order valence-electron chi connectivity index (χ0n) is 15.2. The molecule has 0 bridgehead atoms. The maximum atomic E-state index is 12.7. The Hall–Kier alpha value is -3.02. The average molecular weight is 366 g/mol. The number of hydrogen-bond acceptors (Lipinski definition) is 4. The summed E-state index contributed by atoms with van der Waals surface area (Å²) in [7, 11) is 0. The molecule has 6 nitrogen and oxygen atoms in total. The summed E-state index contributed by atoms with van der Waals surface area (Å²) < 4.78 is 11.3. The van der Waals surface area contributed by atoms with Gasteiger partial charge < -0.3 is 19.7 Å². The maximum Gasteiger partial charge on any atom is 0.229 e. The highest BCUT2D eigenvalue weighted by Gasteiger charge is 2.35. The Bertz CT molecular complexity index is 863. The molecule has 140 valence electrons. The lowest BCUT2D eigenvalue weighted by molar-refractivity contribution is -0.122. The third-order valence-electron chi connectivity index (χ3n) is 4.86. The average Bonchev–Trinajstić information content (AvgIpc) is 2.90. The molecule has 27 heavy (non-hydrogen) atoms. The summed E-state index contributed by atoms with van der Waals surface area (Å²) in [6.45, 7) is 3.60. The fourth-order valence-electron chi connectivity index (χ4n) is 3.34. The largest absolute Gasteiger partial charge is 0.490 e. The molecule has 1 unspecified atom stereocenters. The first kappa shape index (κ1) is 17.4. The van der Waals surface area contributed by atoms with E-state index in [1.165, 1.54) is 0 Å². The van der Waals surface area contributed by atoms with Crippen LogP contribution < -0.4 is 19.7 Å². The topological polar surface area (TPSA) is 67.9 Å². The van der Waals surface area contributed by atoms with Crippen molar-refractivity contribution < 1.29 is 19.1 Å². The zero-order valence-corrected chi connectivity index (χ0v) is 15.2. The van der Waals surface area contributed by atoms with Crippen LogP contribution in [0.15, 0.2) is 42.5 Å². The summed E-state index contributed by atoms with van der Waals surface area (Å²) in [5.74, 6) is 0.751. The molecule has 0 radical (unpaired) electrons. The highest BCUT2D eigenvalue weighted by atomic mass is 16.5. The minimum Gasteiger partial charge on any atom is -0.490 e. The number of aryl methyl sites for hydroxylation is 1. The van der Waals surface area contributed by atoms with E-state index < -0.39 is 0 Å². The van der Waals surface area contributed by atoms with Crippen molar-refractivity contribution in [3.63, 3.8) is 0 Å². The fourth-order valence-corrected chi connectivity index (χ4v) is 3.34. The molecule has 1 atom stereocenters. The number of nitrogens with zero attached hydrogens (tertiary/aromatic N) is 1. The van der Waals surface area contributed by atoms with Crippen LogP contribution in [0.2, 0.25) is 0 Å². The molecule has 1 fully saturated rings. The van der Waals surface area contributed by atoms with Gasteiger partial charge in [0.05, 0.1) is 19.1 Å². The fraction of sp³-hybridized carbons (Fsp3) is 0.333. The lowest BCUT2D eigenvalue weighted by Crippen LogP contribution is -2.28. The Labute approximate surface area is 158 Å². The highest BCUT2D eigenvalue weighted by molar-refractivity contribution is 6.03. The van der Waals surface area contributed by atoms with Gasteiger partial charge in [0.2, 0.25) is 11.8 Å². The van der Waals surface area contributed by atoms with Crippen molar-refractivity contribution >= 4 is 23.2 Å². The van der Waals surface area contributed by atoms with Crippen LogP contribution in [-0.4, -0.2) is 31.6 Å². The number of fused-ring (bicyclic) bond motifs is 1. The van der Waals surface area contributed by atoms with Crippen molar-refractivity contribution in [3.05, 3.63) is 48.0 Å². The summed E-state index contributed by atoms with van der Waals surface area (Å²) in [6, 6.07) is 13.1. The molecule has 0 aromatic heterocycles. The predicted octanol–water partition coefficient (Wildman–Crippen LogP) is 3.15. The van der Waals surface area contributed by atoms with Gasteiger partial charge in [-0.2, -0.15) is 0 Å². The summed E-state index contributed by atoms with van der Waals surface area (Å²) in [6.07, 6.45) is 1.04. The second-order valence-corrected chi connectivity index (χ2v) is 6.94. The molecular formula is C21H22N2O4. The molecule has 1 saturated heterocycles. The molecule has 2 aromatic carbocycles. The van der Waals surface area contributed by atoms with E-state index in [2.05, 4.69) is 5.32 Å². The second-order valence-electron chi connectivity index (χ2n) is 6.94. The van der Waals surface area contributed by atoms with Gasteiger partial charge in [-0.3, -0.25) is 9.59 Å². The van der Waals surface area contributed by atoms with E-state index >= 15 is 0 Å². The van der Waals surface area contributed by atoms with Crippen molar-refractivity contribution in [2.24, 2.45) is 5.92 Å². The molecule has 4 rings (SSSR count). The SMILES string of the molecule is Cc1ccc(N2CC(C(=O)Nc3ccc4c(c3)OCCCO4)CC2=O)cc1. The maximum absolute atomic E-state index is 12.7. The van der Waals surface area contributed by atoms with Gasteiger partial charge in [-0.05, 0) is 31.2 Å². The molecule has 0 aliphatic carbocycles. The lowest BCUT2D eigenvalue weighted by Gasteiger charge is -2.17. The van der Waals surface area contributed by atoms with Crippen LogP contribution in [0.5, 0.6) is 11.5 Å². The molecular weight excluding hydrogens is 344 g/mol. The quantitative estimate of drug-likeness (QED) is 0.906. The molecule has 1 N–H and O–H groups in total. The van der Waals surface area contributed by atoms with E-state index in [-0.39, 0.29) is 24.2 Å². The van der Waals surface area contributed by atoms with Crippen molar-refractivity contribution in [1.82, 2.24) is 0 Å². The number of amides is 2. The summed E-state index contributed by atoms with van der Waals surface area (Å²) in [4.78, 5) is 26.7. The van der Waals surface area contributed by atoms with Gasteiger partial charge in [-0.15, -0.1) is 0 Å². The Kier molecular flexibility index (Phi) is 4.71. The van der Waals surface area contributed by atoms with Crippen LogP contribution in [0.25, 0.3) is 0 Å². The zero-order chi connectivity index (χ0) is 18.8. The van der Waals surface area contributed by atoms with Crippen LogP contribution in [0, 0.1) is 12.8 Å². The molecule has 2 heterocycles. The van der Waals surface area contributed by atoms with E-state index in [0.717, 1.165) is 17.7 Å². The van der Waals surface area contributed by atoms with Gasteiger partial charge in [-0.1, -0.05) is 17.7 Å². The Morgan fingerprint density at radius 1 is 1.07 bits per heavy atom. The monoisotopic (exact) mass is 366 g/mol. The van der Waals surface area contributed by atoms with E-state index in [0.29, 0.717) is 36.9 Å².